The van der Waals surface area contributed by atoms with Gasteiger partial charge >= 0.3 is 5.97 Å². The molecule has 3 atom stereocenters. The predicted octanol–water partition coefficient (Wildman–Crippen LogP) is 3.98. The molecule has 0 radical (unpaired) electrons. The maximum absolute atomic E-state index is 12.3. The summed E-state index contributed by atoms with van der Waals surface area (Å²) >= 11 is 2.00. The Morgan fingerprint density at radius 2 is 2.00 bits per heavy atom. The standard InChI is InChI=1S/C19H30INO7/c1-5-9-16-27-19(20,28-16)17-14(21(23)24)10-12(18(22)25-8-4)11-15(17)26-13(6-2)7-3/h11,13-17H,5-10H2,1-4H3/t14?,15-,16?,17-,19?/m1/s1. The van der Waals surface area contributed by atoms with Crippen LogP contribution in [0.4, 0.5) is 0 Å². The predicted molar refractivity (Wildman–Crippen MR) is 110 cm³/mol. The summed E-state index contributed by atoms with van der Waals surface area (Å²) in [5.41, 5.74) is 0.278. The van der Waals surface area contributed by atoms with Gasteiger partial charge in [0.2, 0.25) is 9.84 Å². The van der Waals surface area contributed by atoms with Crippen molar-refractivity contribution in [1.82, 2.24) is 0 Å². The van der Waals surface area contributed by atoms with Gasteiger partial charge < -0.3 is 18.9 Å². The average Bonchev–Trinajstić information content (AvgIpc) is 2.64. The molecule has 9 heteroatoms. The number of alkyl halides is 1. The van der Waals surface area contributed by atoms with Gasteiger partial charge in [-0.3, -0.25) is 10.1 Å². The largest absolute Gasteiger partial charge is 0.463 e. The third-order valence-corrected chi connectivity index (χ3v) is 6.37. The number of esters is 1. The van der Waals surface area contributed by atoms with E-state index in [-0.39, 0.29) is 35.9 Å². The number of ether oxygens (including phenoxy) is 4. The molecule has 0 bridgehead atoms. The van der Waals surface area contributed by atoms with Crippen molar-refractivity contribution in [1.29, 1.82) is 0 Å². The van der Waals surface area contributed by atoms with E-state index in [1.165, 1.54) is 0 Å². The molecule has 0 N–H and O–H groups in total. The summed E-state index contributed by atoms with van der Waals surface area (Å²) in [5.74, 6) is -1.21. The quantitative estimate of drug-likeness (QED) is 0.144. The van der Waals surface area contributed by atoms with Gasteiger partial charge in [-0.15, -0.1) is 0 Å². The van der Waals surface area contributed by atoms with Gasteiger partial charge in [0.1, 0.15) is 5.92 Å². The zero-order chi connectivity index (χ0) is 20.9. The summed E-state index contributed by atoms with van der Waals surface area (Å²) in [5, 5.41) is 11.9. The lowest BCUT2D eigenvalue weighted by Crippen LogP contribution is -2.62. The smallest absolute Gasteiger partial charge is 0.334 e. The van der Waals surface area contributed by atoms with Gasteiger partial charge in [-0.05, 0) is 54.9 Å². The summed E-state index contributed by atoms with van der Waals surface area (Å²) in [6.45, 7) is 7.94. The molecule has 1 aliphatic heterocycles. The number of nitrogens with zero attached hydrogens (tertiary/aromatic N) is 1. The number of hydrogen-bond donors (Lipinski definition) is 0. The van der Waals surface area contributed by atoms with Crippen LogP contribution in [0.3, 0.4) is 0 Å². The van der Waals surface area contributed by atoms with Crippen molar-refractivity contribution in [2.75, 3.05) is 6.61 Å². The Bertz CT molecular complexity index is 587. The van der Waals surface area contributed by atoms with Crippen molar-refractivity contribution in [2.24, 2.45) is 5.92 Å². The van der Waals surface area contributed by atoms with E-state index < -0.39 is 27.8 Å². The second-order valence-corrected chi connectivity index (χ2v) is 8.57. The summed E-state index contributed by atoms with van der Waals surface area (Å²) in [7, 11) is 0. The van der Waals surface area contributed by atoms with Gasteiger partial charge in [0.25, 0.3) is 0 Å². The van der Waals surface area contributed by atoms with Crippen LogP contribution >= 0.6 is 22.6 Å². The Kier molecular flexibility index (Phi) is 8.65. The van der Waals surface area contributed by atoms with Gasteiger partial charge in [-0.1, -0.05) is 27.2 Å². The minimum Gasteiger partial charge on any atom is -0.463 e. The lowest BCUT2D eigenvalue weighted by molar-refractivity contribution is -0.554. The van der Waals surface area contributed by atoms with Gasteiger partial charge in [-0.25, -0.2) is 4.79 Å². The first-order valence-corrected chi connectivity index (χ1v) is 11.1. The summed E-state index contributed by atoms with van der Waals surface area (Å²) in [6, 6.07) is -1.07. The second kappa shape index (κ2) is 10.3. The Morgan fingerprint density at radius 1 is 1.36 bits per heavy atom. The van der Waals surface area contributed by atoms with Crippen molar-refractivity contribution in [3.63, 3.8) is 0 Å². The highest BCUT2D eigenvalue weighted by Gasteiger charge is 2.61. The van der Waals surface area contributed by atoms with Crippen LogP contribution in [0.15, 0.2) is 11.6 Å². The molecule has 2 rings (SSSR count). The molecule has 0 aromatic carbocycles. The van der Waals surface area contributed by atoms with Gasteiger partial charge in [0.15, 0.2) is 6.29 Å². The van der Waals surface area contributed by atoms with Crippen molar-refractivity contribution >= 4 is 28.6 Å². The molecule has 0 saturated carbocycles. The van der Waals surface area contributed by atoms with E-state index in [4.69, 9.17) is 18.9 Å². The molecular formula is C19H30INO7. The molecular weight excluding hydrogens is 481 g/mol. The van der Waals surface area contributed by atoms with E-state index in [1.807, 2.05) is 43.4 Å². The second-order valence-electron chi connectivity index (χ2n) is 7.07. The van der Waals surface area contributed by atoms with Crippen LogP contribution in [0.25, 0.3) is 0 Å². The van der Waals surface area contributed by atoms with Crippen LogP contribution in [0.1, 0.15) is 59.8 Å². The SMILES string of the molecule is CCCC1OC(I)([C@@H]2C([N+](=O)[O-])CC(C(=O)OCC)=C[C@H]2OC(CC)CC)O1. The first-order chi connectivity index (χ1) is 13.3. The Balaban J connectivity index is 2.36. The molecule has 0 amide bonds. The number of rotatable bonds is 10. The van der Waals surface area contributed by atoms with Crippen molar-refractivity contribution < 1.29 is 28.7 Å². The molecule has 1 aliphatic carbocycles. The fraction of sp³-hybridized carbons (Fsp3) is 0.842. The third kappa shape index (κ3) is 5.22. The van der Waals surface area contributed by atoms with Crippen LogP contribution in [0.5, 0.6) is 0 Å². The van der Waals surface area contributed by atoms with Crippen LogP contribution in [-0.4, -0.2) is 45.8 Å². The summed E-state index contributed by atoms with van der Waals surface area (Å²) in [6.07, 6.45) is 3.66. The Labute approximate surface area is 179 Å². The third-order valence-electron chi connectivity index (χ3n) is 5.14. The van der Waals surface area contributed by atoms with Gasteiger partial charge in [-0.2, -0.15) is 0 Å². The molecule has 28 heavy (non-hydrogen) atoms. The molecule has 1 heterocycles. The summed E-state index contributed by atoms with van der Waals surface area (Å²) < 4.78 is 22.0. The lowest BCUT2D eigenvalue weighted by Gasteiger charge is -2.50. The van der Waals surface area contributed by atoms with Gasteiger partial charge in [0.05, 0.1) is 18.8 Å². The highest BCUT2D eigenvalue weighted by Crippen LogP contribution is 2.50. The Morgan fingerprint density at radius 3 is 2.50 bits per heavy atom. The number of nitro groups is 1. The molecule has 0 aromatic rings. The number of hydrogen-bond acceptors (Lipinski definition) is 7. The topological polar surface area (TPSA) is 97.1 Å². The summed E-state index contributed by atoms with van der Waals surface area (Å²) in [4.78, 5) is 23.8. The molecule has 2 aliphatic rings. The minimum absolute atomic E-state index is 0.0325. The first-order valence-electron chi connectivity index (χ1n) is 10.0. The molecule has 1 fully saturated rings. The number of carbonyl (C=O) groups excluding carboxylic acids is 1. The highest BCUT2D eigenvalue weighted by molar-refractivity contribution is 14.1. The zero-order valence-electron chi connectivity index (χ0n) is 16.9. The van der Waals surface area contributed by atoms with Crippen LogP contribution < -0.4 is 0 Å². The molecule has 0 aromatic heterocycles. The number of carbonyl (C=O) groups is 1. The van der Waals surface area contributed by atoms with E-state index in [2.05, 4.69) is 0 Å². The van der Waals surface area contributed by atoms with Crippen LogP contribution in [-0.2, 0) is 23.7 Å². The molecule has 1 unspecified atom stereocenters. The monoisotopic (exact) mass is 511 g/mol. The van der Waals surface area contributed by atoms with Crippen molar-refractivity contribution in [3.05, 3.63) is 21.8 Å². The van der Waals surface area contributed by atoms with Crippen molar-refractivity contribution in [3.8, 4) is 0 Å². The average molecular weight is 511 g/mol. The lowest BCUT2D eigenvalue weighted by atomic mass is 9.81. The first kappa shape index (κ1) is 23.5. The maximum atomic E-state index is 12.3. The normalized spacial score (nSPS) is 32.6. The van der Waals surface area contributed by atoms with Crippen LogP contribution in [0.2, 0.25) is 0 Å². The van der Waals surface area contributed by atoms with E-state index in [9.17, 15) is 14.9 Å². The van der Waals surface area contributed by atoms with Crippen LogP contribution in [0, 0.1) is 16.0 Å². The van der Waals surface area contributed by atoms with Crippen molar-refractivity contribution in [2.45, 2.75) is 88.1 Å². The molecule has 160 valence electrons. The van der Waals surface area contributed by atoms with E-state index in [1.54, 1.807) is 13.0 Å². The minimum atomic E-state index is -1.15. The molecule has 0 spiro atoms. The fourth-order valence-electron chi connectivity index (χ4n) is 3.65. The van der Waals surface area contributed by atoms with E-state index in [0.717, 1.165) is 25.7 Å². The van der Waals surface area contributed by atoms with E-state index >= 15 is 0 Å². The highest BCUT2D eigenvalue weighted by atomic mass is 127. The molecule has 8 nitrogen and oxygen atoms in total. The fourth-order valence-corrected chi connectivity index (χ4v) is 4.99. The number of halogens is 1. The van der Waals surface area contributed by atoms with Gasteiger partial charge in [0, 0.05) is 16.9 Å². The maximum Gasteiger partial charge on any atom is 0.334 e. The van der Waals surface area contributed by atoms with E-state index in [0.29, 0.717) is 0 Å². The zero-order valence-corrected chi connectivity index (χ0v) is 19.0. The Hall–Kier alpha value is -0.780. The molecule has 1 saturated heterocycles.